The van der Waals surface area contributed by atoms with Gasteiger partial charge in [-0.05, 0) is 19.3 Å². The van der Waals surface area contributed by atoms with Crippen LogP contribution in [0.5, 0.6) is 0 Å². The Morgan fingerprint density at radius 1 is 1.47 bits per heavy atom. The van der Waals surface area contributed by atoms with Crippen LogP contribution in [0, 0.1) is 11.3 Å². The summed E-state index contributed by atoms with van der Waals surface area (Å²) >= 11 is 0. The largest absolute Gasteiger partial charge is 0.366 e. The normalized spacial score (nSPS) is 17.6. The van der Waals surface area contributed by atoms with Gasteiger partial charge in [-0.25, -0.2) is 9.97 Å². The van der Waals surface area contributed by atoms with E-state index in [1.807, 2.05) is 6.07 Å². The highest BCUT2D eigenvalue weighted by atomic mass is 15.0. The molecule has 1 aromatic heterocycles. The lowest BCUT2D eigenvalue weighted by atomic mass is 9.78. The lowest BCUT2D eigenvalue weighted by Gasteiger charge is -2.38. The predicted molar refractivity (Wildman–Crippen MR) is 56.0 cm³/mol. The van der Waals surface area contributed by atoms with Crippen molar-refractivity contribution in [1.82, 2.24) is 9.97 Å². The molecule has 0 spiro atoms. The van der Waals surface area contributed by atoms with Crippen molar-refractivity contribution in [2.75, 3.05) is 11.9 Å². The molecule has 2 rings (SSSR count). The van der Waals surface area contributed by atoms with Gasteiger partial charge in [0.15, 0.2) is 11.5 Å². The third kappa shape index (κ3) is 2.05. The third-order valence-electron chi connectivity index (χ3n) is 2.76. The highest BCUT2D eigenvalue weighted by Crippen LogP contribution is 2.29. The second-order valence-corrected chi connectivity index (χ2v) is 3.93. The number of nitrogens with zero attached hydrogens (tertiary/aromatic N) is 3. The average molecular weight is 203 g/mol. The Morgan fingerprint density at radius 3 is 2.80 bits per heavy atom. The molecule has 1 fully saturated rings. The number of rotatable bonds is 3. The maximum atomic E-state index is 8.80. The van der Waals surface area contributed by atoms with Crippen LogP contribution in [0.2, 0.25) is 0 Å². The van der Waals surface area contributed by atoms with Crippen molar-refractivity contribution in [2.45, 2.75) is 24.8 Å². The van der Waals surface area contributed by atoms with Gasteiger partial charge in [-0.3, -0.25) is 0 Å². The van der Waals surface area contributed by atoms with Gasteiger partial charge >= 0.3 is 0 Å². The molecule has 15 heavy (non-hydrogen) atoms. The van der Waals surface area contributed by atoms with E-state index in [1.54, 1.807) is 6.20 Å². The van der Waals surface area contributed by atoms with Gasteiger partial charge in [0.1, 0.15) is 6.07 Å². The first-order valence-electron chi connectivity index (χ1n) is 4.97. The molecule has 78 valence electrons. The van der Waals surface area contributed by atoms with Gasteiger partial charge in [0.25, 0.3) is 0 Å². The molecule has 1 aliphatic carbocycles. The summed E-state index contributed by atoms with van der Waals surface area (Å²) in [5.41, 5.74) is 6.25. The Hall–Kier alpha value is -1.67. The zero-order valence-electron chi connectivity index (χ0n) is 8.40. The minimum Gasteiger partial charge on any atom is -0.366 e. The van der Waals surface area contributed by atoms with Crippen LogP contribution in [0.15, 0.2) is 12.4 Å². The summed E-state index contributed by atoms with van der Waals surface area (Å²) in [6.45, 7) is 0.653. The van der Waals surface area contributed by atoms with E-state index in [-0.39, 0.29) is 5.54 Å². The Bertz CT molecular complexity index is 391. The molecule has 1 aromatic rings. The molecule has 0 amide bonds. The first-order chi connectivity index (χ1) is 7.23. The molecule has 0 saturated heterocycles. The molecule has 0 atom stereocenters. The zero-order chi connectivity index (χ0) is 10.7. The van der Waals surface area contributed by atoms with E-state index in [1.165, 1.54) is 12.6 Å². The maximum Gasteiger partial charge on any atom is 0.182 e. The van der Waals surface area contributed by atoms with Gasteiger partial charge in [0.05, 0.1) is 0 Å². The van der Waals surface area contributed by atoms with Gasteiger partial charge in [0.2, 0.25) is 0 Å². The Labute approximate surface area is 88.3 Å². The first kappa shape index (κ1) is 9.87. The number of anilines is 1. The lowest BCUT2D eigenvalue weighted by molar-refractivity contribution is 0.265. The summed E-state index contributed by atoms with van der Waals surface area (Å²) in [4.78, 5) is 7.97. The van der Waals surface area contributed by atoms with Crippen LogP contribution in [0.4, 0.5) is 5.82 Å². The van der Waals surface area contributed by atoms with E-state index in [4.69, 9.17) is 11.0 Å². The quantitative estimate of drug-likeness (QED) is 0.752. The number of nitrogens with one attached hydrogen (secondary N) is 1. The molecular formula is C10H13N5. The fraction of sp³-hybridized carbons (Fsp3) is 0.500. The SMILES string of the molecule is N#Cc1nccnc1NCC1(N)CCC1. The average Bonchev–Trinajstić information content (AvgIpc) is 2.24. The van der Waals surface area contributed by atoms with E-state index in [0.29, 0.717) is 18.1 Å². The molecule has 3 N–H and O–H groups in total. The van der Waals surface area contributed by atoms with E-state index >= 15 is 0 Å². The summed E-state index contributed by atoms with van der Waals surface area (Å²) in [6.07, 6.45) is 6.31. The topological polar surface area (TPSA) is 87.6 Å². The standard InChI is InChI=1S/C10H13N5/c11-6-8-9(14-5-4-13-8)15-7-10(12)2-1-3-10/h4-5H,1-3,7,12H2,(H,14,15). The van der Waals surface area contributed by atoms with Crippen LogP contribution in [0.3, 0.4) is 0 Å². The summed E-state index contributed by atoms with van der Waals surface area (Å²) in [5, 5.41) is 11.9. The summed E-state index contributed by atoms with van der Waals surface area (Å²) < 4.78 is 0. The van der Waals surface area contributed by atoms with Crippen LogP contribution in [-0.4, -0.2) is 22.1 Å². The fourth-order valence-corrected chi connectivity index (χ4v) is 1.62. The summed E-state index contributed by atoms with van der Waals surface area (Å²) in [6, 6.07) is 1.99. The molecule has 0 bridgehead atoms. The van der Waals surface area contributed by atoms with Gasteiger partial charge in [-0.2, -0.15) is 5.26 Å². The first-order valence-corrected chi connectivity index (χ1v) is 4.97. The van der Waals surface area contributed by atoms with Crippen LogP contribution >= 0.6 is 0 Å². The highest BCUT2D eigenvalue weighted by molar-refractivity contribution is 5.47. The molecule has 1 heterocycles. The molecule has 5 heteroatoms. The Kier molecular flexibility index (Phi) is 2.52. The molecule has 1 aliphatic rings. The number of nitriles is 1. The van der Waals surface area contributed by atoms with Crippen molar-refractivity contribution in [2.24, 2.45) is 5.73 Å². The van der Waals surface area contributed by atoms with Crippen LogP contribution in [0.25, 0.3) is 0 Å². The van der Waals surface area contributed by atoms with E-state index < -0.39 is 0 Å². The number of hydrogen-bond acceptors (Lipinski definition) is 5. The Morgan fingerprint density at radius 2 is 2.20 bits per heavy atom. The zero-order valence-corrected chi connectivity index (χ0v) is 8.40. The minimum atomic E-state index is -0.121. The summed E-state index contributed by atoms with van der Waals surface area (Å²) in [5.74, 6) is 0.525. The maximum absolute atomic E-state index is 8.80. The number of hydrogen-bond donors (Lipinski definition) is 2. The van der Waals surface area contributed by atoms with Gasteiger partial charge in [-0.15, -0.1) is 0 Å². The van der Waals surface area contributed by atoms with Crippen molar-refractivity contribution in [3.05, 3.63) is 18.1 Å². The van der Waals surface area contributed by atoms with E-state index in [0.717, 1.165) is 12.8 Å². The van der Waals surface area contributed by atoms with Gasteiger partial charge < -0.3 is 11.1 Å². The van der Waals surface area contributed by atoms with Crippen LogP contribution < -0.4 is 11.1 Å². The van der Waals surface area contributed by atoms with Crippen molar-refractivity contribution in [1.29, 1.82) is 5.26 Å². The van der Waals surface area contributed by atoms with Crippen molar-refractivity contribution in [3.8, 4) is 6.07 Å². The molecular weight excluding hydrogens is 190 g/mol. The molecule has 5 nitrogen and oxygen atoms in total. The second-order valence-electron chi connectivity index (χ2n) is 3.93. The van der Waals surface area contributed by atoms with E-state index in [2.05, 4.69) is 15.3 Å². The lowest BCUT2D eigenvalue weighted by Crippen LogP contribution is -2.52. The Balaban J connectivity index is 2.02. The van der Waals surface area contributed by atoms with Gasteiger partial charge in [-0.1, -0.05) is 0 Å². The number of nitrogens with two attached hydrogens (primary N) is 1. The molecule has 0 aliphatic heterocycles. The molecule has 0 unspecified atom stereocenters. The van der Waals surface area contributed by atoms with Crippen molar-refractivity contribution >= 4 is 5.82 Å². The molecule has 0 aromatic carbocycles. The summed E-state index contributed by atoms with van der Waals surface area (Å²) in [7, 11) is 0. The van der Waals surface area contributed by atoms with Crippen LogP contribution in [0.1, 0.15) is 25.0 Å². The third-order valence-corrected chi connectivity index (χ3v) is 2.76. The second kappa shape index (κ2) is 3.83. The smallest absolute Gasteiger partial charge is 0.182 e. The molecule has 1 saturated carbocycles. The highest BCUT2D eigenvalue weighted by Gasteiger charge is 2.32. The fourth-order valence-electron chi connectivity index (χ4n) is 1.62. The van der Waals surface area contributed by atoms with Gasteiger partial charge in [0, 0.05) is 24.5 Å². The predicted octanol–water partition coefficient (Wildman–Crippen LogP) is 0.642. The van der Waals surface area contributed by atoms with Crippen molar-refractivity contribution < 1.29 is 0 Å². The molecule has 0 radical (unpaired) electrons. The minimum absolute atomic E-state index is 0.121. The number of aromatic nitrogens is 2. The van der Waals surface area contributed by atoms with E-state index in [9.17, 15) is 0 Å². The monoisotopic (exact) mass is 203 g/mol. The van der Waals surface area contributed by atoms with Crippen LogP contribution in [-0.2, 0) is 0 Å². The van der Waals surface area contributed by atoms with Crippen molar-refractivity contribution in [3.63, 3.8) is 0 Å².